The van der Waals surface area contributed by atoms with Gasteiger partial charge in [-0.2, -0.15) is 8.78 Å². The third kappa shape index (κ3) is 3.97. The van der Waals surface area contributed by atoms with E-state index in [1.165, 1.54) is 0 Å². The summed E-state index contributed by atoms with van der Waals surface area (Å²) in [6, 6.07) is 0. The van der Waals surface area contributed by atoms with Gasteiger partial charge in [-0.3, -0.25) is 0 Å². The van der Waals surface area contributed by atoms with Crippen LogP contribution in [0.5, 0.6) is 0 Å². The average Bonchev–Trinajstić information content (AvgIpc) is 2.87. The molecule has 0 aromatic rings. The van der Waals surface area contributed by atoms with Crippen molar-refractivity contribution in [3.8, 4) is 0 Å². The summed E-state index contributed by atoms with van der Waals surface area (Å²) in [7, 11) is 0. The minimum absolute atomic E-state index is 0.249. The zero-order valence-electron chi connectivity index (χ0n) is 7.63. The van der Waals surface area contributed by atoms with Crippen LogP contribution in [0.3, 0.4) is 0 Å². The lowest BCUT2D eigenvalue weighted by molar-refractivity contribution is -0.164. The molecule has 0 aliphatic heterocycles. The van der Waals surface area contributed by atoms with E-state index < -0.39 is 18.4 Å². The van der Waals surface area contributed by atoms with Gasteiger partial charge in [0, 0.05) is 6.54 Å². The summed E-state index contributed by atoms with van der Waals surface area (Å²) in [6.45, 7) is -0.254. The van der Waals surface area contributed by atoms with Crippen molar-refractivity contribution < 1.29 is 23.4 Å². The Labute approximate surface area is 80.2 Å². The maximum absolute atomic E-state index is 12.4. The monoisotopic (exact) mass is 209 g/mol. The van der Waals surface area contributed by atoms with Gasteiger partial charge in [0.2, 0.25) is 0 Å². The maximum Gasteiger partial charge on any atom is 0.375 e. The Morgan fingerprint density at radius 3 is 2.71 bits per heavy atom. The second kappa shape index (κ2) is 4.65. The van der Waals surface area contributed by atoms with Crippen LogP contribution < -0.4 is 5.32 Å². The highest BCUT2D eigenvalue weighted by molar-refractivity contribution is 5.75. The molecule has 0 heterocycles. The average molecular weight is 209 g/mol. The number of carboxylic acid groups (broad SMARTS) is 1. The molecule has 1 rings (SSSR count). The van der Waals surface area contributed by atoms with E-state index in [9.17, 15) is 13.6 Å². The zero-order chi connectivity index (χ0) is 10.6. The van der Waals surface area contributed by atoms with E-state index in [-0.39, 0.29) is 12.6 Å². The van der Waals surface area contributed by atoms with Crippen molar-refractivity contribution in [1.82, 2.24) is 5.32 Å². The Bertz CT molecular complexity index is 207. The van der Waals surface area contributed by atoms with E-state index in [0.29, 0.717) is 6.61 Å². The molecule has 1 aliphatic carbocycles. The lowest BCUT2D eigenvalue weighted by atomic mass is 10.3. The van der Waals surface area contributed by atoms with Crippen LogP contribution in [0.4, 0.5) is 8.78 Å². The standard InChI is InChI=1S/C8H13F2NO3/c9-8(10,7(12)13)5-11-3-4-14-6-1-2-6/h6,11H,1-5H2,(H,12,13). The third-order valence-corrected chi connectivity index (χ3v) is 1.82. The predicted molar refractivity (Wildman–Crippen MR) is 44.4 cm³/mol. The van der Waals surface area contributed by atoms with Gasteiger partial charge in [0.25, 0.3) is 0 Å². The molecule has 1 fully saturated rings. The van der Waals surface area contributed by atoms with Crippen molar-refractivity contribution in [3.63, 3.8) is 0 Å². The highest BCUT2D eigenvalue weighted by Gasteiger charge is 2.38. The van der Waals surface area contributed by atoms with Gasteiger partial charge >= 0.3 is 11.9 Å². The Kier molecular flexibility index (Phi) is 3.77. The third-order valence-electron chi connectivity index (χ3n) is 1.82. The van der Waals surface area contributed by atoms with Crippen molar-refractivity contribution in [2.45, 2.75) is 24.9 Å². The van der Waals surface area contributed by atoms with E-state index >= 15 is 0 Å². The number of nitrogens with one attached hydrogen (secondary N) is 1. The normalized spacial score (nSPS) is 17.0. The molecule has 14 heavy (non-hydrogen) atoms. The number of carbonyl (C=O) groups is 1. The molecule has 2 N–H and O–H groups in total. The molecule has 1 aliphatic rings. The Morgan fingerprint density at radius 1 is 1.57 bits per heavy atom. The van der Waals surface area contributed by atoms with Crippen LogP contribution in [-0.4, -0.2) is 42.8 Å². The highest BCUT2D eigenvalue weighted by atomic mass is 19.3. The van der Waals surface area contributed by atoms with Crippen LogP contribution in [0.1, 0.15) is 12.8 Å². The van der Waals surface area contributed by atoms with Gasteiger partial charge in [-0.1, -0.05) is 0 Å². The summed E-state index contributed by atoms with van der Waals surface area (Å²) < 4.78 is 30.1. The van der Waals surface area contributed by atoms with Crippen molar-refractivity contribution in [2.24, 2.45) is 0 Å². The van der Waals surface area contributed by atoms with Gasteiger partial charge in [-0.15, -0.1) is 0 Å². The Balaban J connectivity index is 1.98. The molecule has 0 atom stereocenters. The highest BCUT2D eigenvalue weighted by Crippen LogP contribution is 2.22. The molecule has 1 saturated carbocycles. The number of aliphatic carboxylic acids is 1. The smallest absolute Gasteiger partial charge is 0.375 e. The second-order valence-electron chi connectivity index (χ2n) is 3.26. The van der Waals surface area contributed by atoms with Gasteiger partial charge in [-0.05, 0) is 12.8 Å². The lowest BCUT2D eigenvalue weighted by Crippen LogP contribution is -2.40. The van der Waals surface area contributed by atoms with Crippen molar-refractivity contribution in [2.75, 3.05) is 19.7 Å². The van der Waals surface area contributed by atoms with Crippen LogP contribution in [0.15, 0.2) is 0 Å². The fraction of sp³-hybridized carbons (Fsp3) is 0.875. The number of halogens is 2. The predicted octanol–water partition coefficient (Wildman–Crippen LogP) is 0.475. The van der Waals surface area contributed by atoms with Crippen molar-refractivity contribution in [1.29, 1.82) is 0 Å². The molecule has 0 bridgehead atoms. The summed E-state index contributed by atoms with van der Waals surface area (Å²) in [4.78, 5) is 9.98. The van der Waals surface area contributed by atoms with E-state index in [1.807, 2.05) is 0 Å². The molecule has 0 aromatic carbocycles. The molecule has 0 unspecified atom stereocenters. The maximum atomic E-state index is 12.4. The molecule has 0 aromatic heterocycles. The fourth-order valence-electron chi connectivity index (χ4n) is 0.853. The lowest BCUT2D eigenvalue weighted by Gasteiger charge is -2.11. The number of hydrogen-bond donors (Lipinski definition) is 2. The summed E-state index contributed by atoms with van der Waals surface area (Å²) >= 11 is 0. The van der Waals surface area contributed by atoms with Gasteiger partial charge in [0.05, 0.1) is 19.3 Å². The van der Waals surface area contributed by atoms with Crippen molar-refractivity contribution >= 4 is 5.97 Å². The number of carboxylic acids is 1. The Hall–Kier alpha value is -0.750. The van der Waals surface area contributed by atoms with Gasteiger partial charge in [0.1, 0.15) is 0 Å². The summed E-state index contributed by atoms with van der Waals surface area (Å²) in [5.74, 6) is -5.80. The first-order valence-electron chi connectivity index (χ1n) is 4.46. The van der Waals surface area contributed by atoms with Gasteiger partial charge in [-0.25, -0.2) is 4.79 Å². The molecule has 82 valence electrons. The first-order valence-corrected chi connectivity index (χ1v) is 4.46. The van der Waals surface area contributed by atoms with Crippen LogP contribution in [0.25, 0.3) is 0 Å². The quantitative estimate of drug-likeness (QED) is 0.598. The summed E-state index contributed by atoms with van der Waals surface area (Å²) in [5, 5.41) is 10.4. The molecule has 0 amide bonds. The molecule has 0 saturated heterocycles. The molecular weight excluding hydrogens is 196 g/mol. The largest absolute Gasteiger partial charge is 0.477 e. The molecule has 6 heteroatoms. The number of rotatable bonds is 7. The van der Waals surface area contributed by atoms with E-state index in [4.69, 9.17) is 9.84 Å². The molecule has 0 spiro atoms. The zero-order valence-corrected chi connectivity index (χ0v) is 7.63. The molecule has 4 nitrogen and oxygen atoms in total. The van der Waals surface area contributed by atoms with E-state index in [0.717, 1.165) is 12.8 Å². The first kappa shape index (κ1) is 11.3. The van der Waals surface area contributed by atoms with Gasteiger partial charge < -0.3 is 15.2 Å². The molecule has 0 radical (unpaired) electrons. The number of ether oxygens (including phenoxy) is 1. The fourth-order valence-corrected chi connectivity index (χ4v) is 0.853. The van der Waals surface area contributed by atoms with Crippen LogP contribution >= 0.6 is 0 Å². The number of hydrogen-bond acceptors (Lipinski definition) is 3. The van der Waals surface area contributed by atoms with Crippen molar-refractivity contribution in [3.05, 3.63) is 0 Å². The SMILES string of the molecule is O=C(O)C(F)(F)CNCCOC1CC1. The van der Waals surface area contributed by atoms with Crippen LogP contribution in [0, 0.1) is 0 Å². The number of alkyl halides is 2. The minimum Gasteiger partial charge on any atom is -0.477 e. The van der Waals surface area contributed by atoms with Crippen LogP contribution in [-0.2, 0) is 9.53 Å². The summed E-state index contributed by atoms with van der Waals surface area (Å²) in [6.07, 6.45) is 2.35. The van der Waals surface area contributed by atoms with E-state index in [1.54, 1.807) is 0 Å². The Morgan fingerprint density at radius 2 is 2.21 bits per heavy atom. The topological polar surface area (TPSA) is 58.6 Å². The second-order valence-corrected chi connectivity index (χ2v) is 3.26. The van der Waals surface area contributed by atoms with Crippen LogP contribution in [0.2, 0.25) is 0 Å². The molecular formula is C8H13F2NO3. The van der Waals surface area contributed by atoms with E-state index in [2.05, 4.69) is 5.32 Å². The minimum atomic E-state index is -3.69. The summed E-state index contributed by atoms with van der Waals surface area (Å²) in [5.41, 5.74) is 0. The first-order chi connectivity index (χ1) is 6.52. The van der Waals surface area contributed by atoms with Gasteiger partial charge in [0.15, 0.2) is 0 Å².